The van der Waals surface area contributed by atoms with Crippen LogP contribution in [0.4, 0.5) is 0 Å². The zero-order chi connectivity index (χ0) is 14.4. The Morgan fingerprint density at radius 3 is 2.85 bits per heavy atom. The van der Waals surface area contributed by atoms with Crippen LogP contribution in [0.5, 0.6) is 5.75 Å². The number of rotatable bonds is 4. The SMILES string of the molecule is N#Cc1ccc(O/N=C2\CCCC(CC(=O)O)C2)cc1. The summed E-state index contributed by atoms with van der Waals surface area (Å²) >= 11 is 0. The average molecular weight is 272 g/mol. The molecule has 104 valence electrons. The number of benzene rings is 1. The fourth-order valence-electron chi connectivity index (χ4n) is 2.34. The largest absolute Gasteiger partial charge is 0.481 e. The molecule has 0 aliphatic heterocycles. The van der Waals surface area contributed by atoms with Crippen molar-refractivity contribution in [2.24, 2.45) is 11.1 Å². The number of carbonyl (C=O) groups is 1. The molecule has 0 bridgehead atoms. The van der Waals surface area contributed by atoms with Gasteiger partial charge in [0.1, 0.15) is 0 Å². The highest BCUT2D eigenvalue weighted by atomic mass is 16.6. The monoisotopic (exact) mass is 272 g/mol. The summed E-state index contributed by atoms with van der Waals surface area (Å²) in [5.74, 6) is -0.0225. The number of hydrogen-bond donors (Lipinski definition) is 1. The van der Waals surface area contributed by atoms with Crippen LogP contribution in [0.15, 0.2) is 29.4 Å². The summed E-state index contributed by atoms with van der Waals surface area (Å²) in [5, 5.41) is 21.6. The van der Waals surface area contributed by atoms with Crippen molar-refractivity contribution in [3.8, 4) is 11.8 Å². The molecule has 1 aliphatic rings. The number of nitrogens with zero attached hydrogens (tertiary/aromatic N) is 2. The second-order valence-electron chi connectivity index (χ2n) is 4.95. The van der Waals surface area contributed by atoms with E-state index in [0.717, 1.165) is 25.0 Å². The lowest BCUT2D eigenvalue weighted by Crippen LogP contribution is -2.18. The van der Waals surface area contributed by atoms with Gasteiger partial charge >= 0.3 is 5.97 Å². The Morgan fingerprint density at radius 1 is 1.45 bits per heavy atom. The molecule has 5 nitrogen and oxygen atoms in total. The standard InChI is InChI=1S/C15H16N2O3/c16-10-11-4-6-14(7-5-11)20-17-13-3-1-2-12(8-13)9-15(18)19/h4-7,12H,1-3,8-9H2,(H,18,19)/b17-13+. The van der Waals surface area contributed by atoms with E-state index in [1.54, 1.807) is 24.3 Å². The second kappa shape index (κ2) is 6.71. The van der Waals surface area contributed by atoms with Crippen molar-refractivity contribution < 1.29 is 14.7 Å². The Labute approximate surface area is 117 Å². The van der Waals surface area contributed by atoms with E-state index in [-0.39, 0.29) is 12.3 Å². The van der Waals surface area contributed by atoms with Gasteiger partial charge in [0.05, 0.1) is 17.3 Å². The minimum atomic E-state index is -0.760. The van der Waals surface area contributed by atoms with E-state index >= 15 is 0 Å². The molecule has 1 saturated carbocycles. The predicted molar refractivity (Wildman–Crippen MR) is 73.4 cm³/mol. The lowest BCUT2D eigenvalue weighted by molar-refractivity contribution is -0.138. The molecule has 0 saturated heterocycles. The lowest BCUT2D eigenvalue weighted by atomic mass is 9.86. The molecule has 2 rings (SSSR count). The van der Waals surface area contributed by atoms with Crippen LogP contribution in [0, 0.1) is 17.2 Å². The van der Waals surface area contributed by atoms with E-state index in [9.17, 15) is 4.79 Å². The first-order valence-corrected chi connectivity index (χ1v) is 6.62. The lowest BCUT2D eigenvalue weighted by Gasteiger charge is -2.21. The topological polar surface area (TPSA) is 82.7 Å². The Bertz CT molecular complexity index is 543. The van der Waals surface area contributed by atoms with Crippen LogP contribution in [0.1, 0.15) is 37.7 Å². The molecule has 1 N–H and O–H groups in total. The molecule has 0 spiro atoms. The number of oxime groups is 1. The molecule has 5 heteroatoms. The number of nitriles is 1. The van der Waals surface area contributed by atoms with E-state index in [2.05, 4.69) is 5.16 Å². The van der Waals surface area contributed by atoms with Crippen LogP contribution < -0.4 is 4.84 Å². The van der Waals surface area contributed by atoms with Crippen LogP contribution >= 0.6 is 0 Å². The predicted octanol–water partition coefficient (Wildman–Crippen LogP) is 2.96. The Hall–Kier alpha value is -2.35. The zero-order valence-corrected chi connectivity index (χ0v) is 11.1. The minimum Gasteiger partial charge on any atom is -0.481 e. The van der Waals surface area contributed by atoms with Gasteiger partial charge in [0.15, 0.2) is 5.75 Å². The summed E-state index contributed by atoms with van der Waals surface area (Å²) in [6, 6.07) is 8.77. The third-order valence-corrected chi connectivity index (χ3v) is 3.33. The number of carboxylic acids is 1. The summed E-state index contributed by atoms with van der Waals surface area (Å²) in [6.07, 6.45) is 3.61. The van der Waals surface area contributed by atoms with Gasteiger partial charge < -0.3 is 9.94 Å². The second-order valence-corrected chi connectivity index (χ2v) is 4.95. The van der Waals surface area contributed by atoms with E-state index in [4.69, 9.17) is 15.2 Å². The third-order valence-electron chi connectivity index (χ3n) is 3.33. The molecule has 0 aromatic heterocycles. The van der Waals surface area contributed by atoms with Crippen LogP contribution in [0.2, 0.25) is 0 Å². The van der Waals surface area contributed by atoms with Gasteiger partial charge in [-0.25, -0.2) is 0 Å². The normalized spacial score (nSPS) is 20.4. The molecule has 1 aliphatic carbocycles. The first-order chi connectivity index (χ1) is 9.67. The number of carboxylic acid groups (broad SMARTS) is 1. The van der Waals surface area contributed by atoms with Crippen molar-refractivity contribution in [1.82, 2.24) is 0 Å². The maximum atomic E-state index is 10.7. The van der Waals surface area contributed by atoms with Crippen molar-refractivity contribution in [3.05, 3.63) is 29.8 Å². The van der Waals surface area contributed by atoms with Crippen LogP contribution in [-0.4, -0.2) is 16.8 Å². The highest BCUT2D eigenvalue weighted by molar-refractivity contribution is 5.85. The molecule has 1 aromatic carbocycles. The Kier molecular flexibility index (Phi) is 4.72. The summed E-state index contributed by atoms with van der Waals surface area (Å²) in [4.78, 5) is 16.0. The fourth-order valence-corrected chi connectivity index (χ4v) is 2.34. The van der Waals surface area contributed by atoms with E-state index in [1.807, 2.05) is 6.07 Å². The quantitative estimate of drug-likeness (QED) is 0.854. The fraction of sp³-hybridized carbons (Fsp3) is 0.400. The third kappa shape index (κ3) is 4.09. The summed E-state index contributed by atoms with van der Waals surface area (Å²) in [7, 11) is 0. The van der Waals surface area contributed by atoms with Gasteiger partial charge in [0.25, 0.3) is 0 Å². The molecule has 0 amide bonds. The first kappa shape index (κ1) is 14.1. The molecule has 20 heavy (non-hydrogen) atoms. The van der Waals surface area contributed by atoms with Crippen LogP contribution in [0.3, 0.4) is 0 Å². The Morgan fingerprint density at radius 2 is 2.20 bits per heavy atom. The number of hydrogen-bond acceptors (Lipinski definition) is 4. The molecule has 1 unspecified atom stereocenters. The van der Waals surface area contributed by atoms with Gasteiger partial charge in [-0.05, 0) is 55.9 Å². The highest BCUT2D eigenvalue weighted by Gasteiger charge is 2.21. The summed E-state index contributed by atoms with van der Waals surface area (Å²) in [6.45, 7) is 0. The maximum Gasteiger partial charge on any atom is 0.303 e. The van der Waals surface area contributed by atoms with Gasteiger partial charge in [-0.1, -0.05) is 5.16 Å². The van der Waals surface area contributed by atoms with Gasteiger partial charge in [-0.2, -0.15) is 5.26 Å². The van der Waals surface area contributed by atoms with Crippen LogP contribution in [0.25, 0.3) is 0 Å². The van der Waals surface area contributed by atoms with Crippen LogP contribution in [-0.2, 0) is 4.79 Å². The highest BCUT2D eigenvalue weighted by Crippen LogP contribution is 2.25. The molecule has 0 radical (unpaired) electrons. The average Bonchev–Trinajstić information content (AvgIpc) is 2.45. The molecule has 0 heterocycles. The first-order valence-electron chi connectivity index (χ1n) is 6.62. The van der Waals surface area contributed by atoms with E-state index < -0.39 is 5.97 Å². The summed E-state index contributed by atoms with van der Waals surface area (Å²) in [5.41, 5.74) is 1.48. The van der Waals surface area contributed by atoms with Crippen molar-refractivity contribution in [1.29, 1.82) is 5.26 Å². The summed E-state index contributed by atoms with van der Waals surface area (Å²) < 4.78 is 0. The van der Waals surface area contributed by atoms with Gasteiger partial charge in [-0.15, -0.1) is 0 Å². The van der Waals surface area contributed by atoms with Crippen molar-refractivity contribution >= 4 is 11.7 Å². The van der Waals surface area contributed by atoms with E-state index in [1.165, 1.54) is 0 Å². The van der Waals surface area contributed by atoms with Crippen molar-refractivity contribution in [2.45, 2.75) is 32.1 Å². The number of aliphatic carboxylic acids is 1. The molecular formula is C15H16N2O3. The zero-order valence-electron chi connectivity index (χ0n) is 11.1. The van der Waals surface area contributed by atoms with Crippen molar-refractivity contribution in [2.75, 3.05) is 0 Å². The molecule has 1 fully saturated rings. The molecule has 1 atom stereocenters. The molecule has 1 aromatic rings. The van der Waals surface area contributed by atoms with Gasteiger partial charge in [0, 0.05) is 6.42 Å². The minimum absolute atomic E-state index is 0.157. The van der Waals surface area contributed by atoms with Gasteiger partial charge in [-0.3, -0.25) is 4.79 Å². The van der Waals surface area contributed by atoms with Gasteiger partial charge in [0.2, 0.25) is 0 Å². The smallest absolute Gasteiger partial charge is 0.303 e. The maximum absolute atomic E-state index is 10.7. The Balaban J connectivity index is 1.93. The molecular weight excluding hydrogens is 256 g/mol. The van der Waals surface area contributed by atoms with Crippen molar-refractivity contribution in [3.63, 3.8) is 0 Å². The van der Waals surface area contributed by atoms with E-state index in [0.29, 0.717) is 17.7 Å².